The highest BCUT2D eigenvalue weighted by molar-refractivity contribution is 6.06. The van der Waals surface area contributed by atoms with Crippen LogP contribution in [-0.4, -0.2) is 16.5 Å². The first-order valence-electron chi connectivity index (χ1n) is 5.88. The summed E-state index contributed by atoms with van der Waals surface area (Å²) < 4.78 is 5.03. The minimum absolute atomic E-state index is 0.0638. The van der Waals surface area contributed by atoms with Gasteiger partial charge >= 0.3 is 5.97 Å². The summed E-state index contributed by atoms with van der Waals surface area (Å²) in [7, 11) is 0.478. The van der Waals surface area contributed by atoms with E-state index in [4.69, 9.17) is 4.43 Å². The van der Waals surface area contributed by atoms with Crippen molar-refractivity contribution in [1.82, 2.24) is 0 Å². The molecule has 0 heterocycles. The molecule has 0 saturated carbocycles. The van der Waals surface area contributed by atoms with Crippen molar-refractivity contribution in [2.75, 3.05) is 0 Å². The molecule has 0 atom stereocenters. The van der Waals surface area contributed by atoms with Gasteiger partial charge in [0.2, 0.25) is 10.5 Å². The van der Waals surface area contributed by atoms with Gasteiger partial charge in [0, 0.05) is 0 Å². The van der Waals surface area contributed by atoms with Gasteiger partial charge in [0.1, 0.15) is 0 Å². The summed E-state index contributed by atoms with van der Waals surface area (Å²) in [6.45, 7) is 8.10. The predicted octanol–water partition coefficient (Wildman–Crippen LogP) is 2.36. The van der Waals surface area contributed by atoms with Crippen molar-refractivity contribution < 1.29 is 9.22 Å². The Bertz CT molecular complexity index is 194. The topological polar surface area (TPSA) is 26.3 Å². The van der Waals surface area contributed by atoms with Gasteiger partial charge in [0.05, 0.1) is 5.41 Å². The van der Waals surface area contributed by atoms with Crippen molar-refractivity contribution in [3.05, 3.63) is 12.7 Å². The van der Waals surface area contributed by atoms with E-state index in [1.165, 1.54) is 0 Å². The molecule has 0 aliphatic rings. The third-order valence-corrected chi connectivity index (χ3v) is 3.31. The average Bonchev–Trinajstić information content (AvgIpc) is 2.29. The molecule has 0 amide bonds. The fourth-order valence-electron chi connectivity index (χ4n) is 1.80. The Morgan fingerprint density at radius 1 is 1.33 bits per heavy atom. The van der Waals surface area contributed by atoms with Gasteiger partial charge in [0.15, 0.2) is 0 Å². The summed E-state index contributed by atoms with van der Waals surface area (Å²) in [5, 5.41) is 0. The van der Waals surface area contributed by atoms with E-state index >= 15 is 0 Å². The predicted molar refractivity (Wildman–Crippen MR) is 67.7 cm³/mol. The molecule has 0 N–H and O–H groups in total. The van der Waals surface area contributed by atoms with E-state index in [2.05, 4.69) is 20.4 Å². The maximum absolute atomic E-state index is 11.8. The number of rotatable bonds is 8. The summed E-state index contributed by atoms with van der Waals surface area (Å²) in [6, 6.07) is 0. The lowest BCUT2D eigenvalue weighted by atomic mass is 9.78. The fraction of sp³-hybridized carbons (Fsp3) is 0.750. The van der Waals surface area contributed by atoms with Crippen molar-refractivity contribution in [1.29, 1.82) is 0 Å². The minimum atomic E-state index is -0.409. The lowest BCUT2D eigenvalue weighted by molar-refractivity contribution is -0.143. The number of unbranched alkanes of at least 4 members (excludes halogenated alkanes) is 2. The summed E-state index contributed by atoms with van der Waals surface area (Å²) in [6.07, 6.45) is 7.91. The molecule has 0 bridgehead atoms. The van der Waals surface area contributed by atoms with E-state index < -0.39 is 5.41 Å². The van der Waals surface area contributed by atoms with Crippen LogP contribution in [0.1, 0.15) is 52.4 Å². The first-order chi connectivity index (χ1) is 7.16. The highest BCUT2D eigenvalue weighted by Crippen LogP contribution is 2.33. The van der Waals surface area contributed by atoms with Crippen LogP contribution in [0.2, 0.25) is 0 Å². The Morgan fingerprint density at radius 2 is 1.80 bits per heavy atom. The van der Waals surface area contributed by atoms with Gasteiger partial charge in [-0.25, -0.2) is 0 Å². The first kappa shape index (κ1) is 14.4. The van der Waals surface area contributed by atoms with Crippen molar-refractivity contribution in [3.63, 3.8) is 0 Å². The van der Waals surface area contributed by atoms with Crippen LogP contribution in [0.15, 0.2) is 12.7 Å². The molecule has 0 aliphatic heterocycles. The minimum Gasteiger partial charge on any atom is -0.528 e. The van der Waals surface area contributed by atoms with E-state index in [-0.39, 0.29) is 5.97 Å². The number of carbonyl (C=O) groups is 1. The zero-order valence-corrected chi connectivity index (χ0v) is 12.3. The fourth-order valence-corrected chi connectivity index (χ4v) is 2.21. The van der Waals surface area contributed by atoms with Crippen LogP contribution in [0, 0.1) is 5.41 Å². The molecule has 15 heavy (non-hydrogen) atoms. The van der Waals surface area contributed by atoms with Gasteiger partial charge in [-0.3, -0.25) is 4.79 Å². The van der Waals surface area contributed by atoms with Gasteiger partial charge < -0.3 is 4.43 Å². The van der Waals surface area contributed by atoms with Crippen LogP contribution in [0.3, 0.4) is 0 Å². The standard InChI is InChI=1S/C12H24O2Si/c1-4-7-9-12(6-3,10-8-5-2)11(13)14-15/h6H,3-5,7-10H2,1-2,15H3. The first-order valence-corrected chi connectivity index (χ1v) is 6.70. The summed E-state index contributed by atoms with van der Waals surface area (Å²) in [5.74, 6) is -0.0638. The largest absolute Gasteiger partial charge is 0.528 e. The normalized spacial score (nSPS) is 11.3. The molecule has 0 aromatic carbocycles. The lowest BCUT2D eigenvalue weighted by Crippen LogP contribution is -2.30. The highest BCUT2D eigenvalue weighted by Gasteiger charge is 2.34. The van der Waals surface area contributed by atoms with Crippen molar-refractivity contribution >= 4 is 16.5 Å². The molecule has 0 radical (unpaired) electrons. The molecule has 0 saturated heterocycles. The molecular weight excluding hydrogens is 204 g/mol. The number of carbonyl (C=O) groups excluding carboxylic acids is 1. The van der Waals surface area contributed by atoms with Gasteiger partial charge in [-0.05, 0) is 12.8 Å². The number of hydrogen-bond acceptors (Lipinski definition) is 2. The summed E-state index contributed by atoms with van der Waals surface area (Å²) in [4.78, 5) is 11.8. The second kappa shape index (κ2) is 7.68. The molecule has 0 fully saturated rings. The Hall–Kier alpha value is -0.573. The SMILES string of the molecule is C=CC(CCCC)(CCCC)C(=O)O[SiH3]. The molecule has 2 nitrogen and oxygen atoms in total. The van der Waals surface area contributed by atoms with Gasteiger partial charge in [0.25, 0.3) is 0 Å². The molecule has 88 valence electrons. The van der Waals surface area contributed by atoms with Gasteiger partial charge in [-0.15, -0.1) is 6.58 Å². The van der Waals surface area contributed by atoms with Crippen LogP contribution in [0.4, 0.5) is 0 Å². The Kier molecular flexibility index (Phi) is 7.39. The molecule has 3 heteroatoms. The molecule has 0 rings (SSSR count). The Balaban J connectivity index is 4.59. The van der Waals surface area contributed by atoms with Gasteiger partial charge in [-0.2, -0.15) is 0 Å². The van der Waals surface area contributed by atoms with E-state index in [1.54, 1.807) is 6.08 Å². The van der Waals surface area contributed by atoms with E-state index in [0.29, 0.717) is 10.5 Å². The second-order valence-corrected chi connectivity index (χ2v) is 4.47. The van der Waals surface area contributed by atoms with Crippen LogP contribution in [0.25, 0.3) is 0 Å². The van der Waals surface area contributed by atoms with Crippen molar-refractivity contribution in [3.8, 4) is 0 Å². The third-order valence-electron chi connectivity index (χ3n) is 2.94. The average molecular weight is 228 g/mol. The maximum Gasteiger partial charge on any atom is 0.301 e. The molecule has 0 spiro atoms. The smallest absolute Gasteiger partial charge is 0.301 e. The highest BCUT2D eigenvalue weighted by atomic mass is 28.2. The molecule has 0 aromatic rings. The third kappa shape index (κ3) is 4.20. The summed E-state index contributed by atoms with van der Waals surface area (Å²) in [5.41, 5.74) is -0.409. The van der Waals surface area contributed by atoms with Crippen LogP contribution < -0.4 is 0 Å². The van der Waals surface area contributed by atoms with Gasteiger partial charge in [-0.1, -0.05) is 45.6 Å². The summed E-state index contributed by atoms with van der Waals surface area (Å²) >= 11 is 0. The number of hydrogen-bond donors (Lipinski definition) is 0. The van der Waals surface area contributed by atoms with E-state index in [9.17, 15) is 4.79 Å². The van der Waals surface area contributed by atoms with Crippen molar-refractivity contribution in [2.45, 2.75) is 52.4 Å². The zero-order valence-electron chi connectivity index (χ0n) is 10.3. The lowest BCUT2D eigenvalue weighted by Gasteiger charge is -2.27. The van der Waals surface area contributed by atoms with Crippen LogP contribution >= 0.6 is 0 Å². The molecular formula is C12H24O2Si. The van der Waals surface area contributed by atoms with Crippen LogP contribution in [-0.2, 0) is 9.22 Å². The second-order valence-electron chi connectivity index (χ2n) is 4.06. The molecule has 0 aliphatic carbocycles. The molecule has 0 aromatic heterocycles. The van der Waals surface area contributed by atoms with E-state index in [1.807, 2.05) is 0 Å². The molecule has 0 unspecified atom stereocenters. The monoisotopic (exact) mass is 228 g/mol. The maximum atomic E-state index is 11.8. The van der Waals surface area contributed by atoms with Crippen molar-refractivity contribution in [2.24, 2.45) is 5.41 Å². The van der Waals surface area contributed by atoms with E-state index in [0.717, 1.165) is 38.5 Å². The zero-order chi connectivity index (χ0) is 11.7. The Labute approximate surface area is 96.6 Å². The van der Waals surface area contributed by atoms with Crippen LogP contribution in [0.5, 0.6) is 0 Å². The Morgan fingerprint density at radius 3 is 2.07 bits per heavy atom. The quantitative estimate of drug-likeness (QED) is 0.471.